The fourth-order valence-corrected chi connectivity index (χ4v) is 3.93. The number of rotatable bonds is 5. The van der Waals surface area contributed by atoms with E-state index in [2.05, 4.69) is 15.5 Å². The molecule has 9 heteroatoms. The number of nitrogens with zero attached hydrogens (tertiary/aromatic N) is 3. The Morgan fingerprint density at radius 3 is 2.96 bits per heavy atom. The van der Waals surface area contributed by atoms with Crippen molar-refractivity contribution in [2.24, 2.45) is 0 Å². The highest BCUT2D eigenvalue weighted by atomic mass is 35.5. The second kappa shape index (κ2) is 7.29. The molecule has 1 aromatic heterocycles. The topological polar surface area (TPSA) is 75.2 Å². The molecule has 23 heavy (non-hydrogen) atoms. The minimum absolute atomic E-state index is 0.0889. The summed E-state index contributed by atoms with van der Waals surface area (Å²) in [5.74, 6) is -0.0748. The molecule has 0 radical (unpaired) electrons. The number of nitrogens with one attached hydrogen (secondary N) is 1. The third-order valence-electron chi connectivity index (χ3n) is 3.22. The summed E-state index contributed by atoms with van der Waals surface area (Å²) in [7, 11) is 0. The van der Waals surface area contributed by atoms with Crippen molar-refractivity contribution < 1.29 is 9.59 Å². The zero-order valence-electron chi connectivity index (χ0n) is 12.0. The molecule has 0 bridgehead atoms. The third kappa shape index (κ3) is 4.01. The van der Waals surface area contributed by atoms with Crippen LogP contribution >= 0.6 is 34.7 Å². The molecule has 0 aliphatic carbocycles. The highest BCUT2D eigenvalue weighted by Gasteiger charge is 2.26. The van der Waals surface area contributed by atoms with Gasteiger partial charge in [0.2, 0.25) is 16.9 Å². The van der Waals surface area contributed by atoms with Crippen molar-refractivity contribution in [3.8, 4) is 0 Å². The predicted octanol–water partition coefficient (Wildman–Crippen LogP) is 3.18. The summed E-state index contributed by atoms with van der Waals surface area (Å²) in [6, 6.07) is 7.35. The Morgan fingerprint density at radius 1 is 1.39 bits per heavy atom. The first-order chi connectivity index (χ1) is 11.1. The van der Waals surface area contributed by atoms with Crippen molar-refractivity contribution in [3.05, 3.63) is 29.3 Å². The van der Waals surface area contributed by atoms with E-state index in [1.54, 1.807) is 6.07 Å². The van der Waals surface area contributed by atoms with Crippen LogP contribution in [-0.2, 0) is 9.59 Å². The van der Waals surface area contributed by atoms with E-state index in [1.165, 1.54) is 28.0 Å². The summed E-state index contributed by atoms with van der Waals surface area (Å²) < 4.78 is 0.666. The van der Waals surface area contributed by atoms with Crippen LogP contribution in [0.4, 0.5) is 10.8 Å². The van der Waals surface area contributed by atoms with Crippen molar-refractivity contribution in [1.29, 1.82) is 0 Å². The van der Waals surface area contributed by atoms with E-state index in [9.17, 15) is 9.59 Å². The number of carbonyl (C=O) groups excluding carboxylic acids is 2. The van der Waals surface area contributed by atoms with Crippen LogP contribution in [0.3, 0.4) is 0 Å². The Morgan fingerprint density at radius 2 is 2.22 bits per heavy atom. The van der Waals surface area contributed by atoms with Crippen LogP contribution in [-0.4, -0.2) is 39.2 Å². The van der Waals surface area contributed by atoms with Gasteiger partial charge >= 0.3 is 0 Å². The van der Waals surface area contributed by atoms with Gasteiger partial charge in [-0.25, -0.2) is 0 Å². The van der Waals surface area contributed by atoms with Crippen LogP contribution in [0.5, 0.6) is 0 Å². The molecule has 3 rings (SSSR count). The summed E-state index contributed by atoms with van der Waals surface area (Å²) in [4.78, 5) is 24.8. The predicted molar refractivity (Wildman–Crippen MR) is 91.3 cm³/mol. The second-order valence-corrected chi connectivity index (χ2v) is 7.42. The van der Waals surface area contributed by atoms with Crippen LogP contribution < -0.4 is 5.32 Å². The lowest BCUT2D eigenvalue weighted by Crippen LogP contribution is -2.33. The first-order valence-electron chi connectivity index (χ1n) is 6.94. The molecule has 1 N–H and O–H groups in total. The fraction of sp³-hybridized carbons (Fsp3) is 0.286. The van der Waals surface area contributed by atoms with Gasteiger partial charge in [0, 0.05) is 13.0 Å². The monoisotopic (exact) mass is 368 g/mol. The maximum atomic E-state index is 12.0. The molecular formula is C14H13ClN4O2S2. The Kier molecular flexibility index (Phi) is 5.14. The van der Waals surface area contributed by atoms with Gasteiger partial charge in [0.15, 0.2) is 4.34 Å². The maximum absolute atomic E-state index is 12.0. The Bertz CT molecular complexity index is 737. The number of para-hydroxylation sites is 1. The molecular weight excluding hydrogens is 356 g/mol. The van der Waals surface area contributed by atoms with Crippen molar-refractivity contribution in [2.45, 2.75) is 17.2 Å². The lowest BCUT2D eigenvalue weighted by atomic mass is 10.3. The minimum Gasteiger partial charge on any atom is -0.329 e. The highest BCUT2D eigenvalue weighted by Crippen LogP contribution is 2.30. The van der Waals surface area contributed by atoms with Crippen LogP contribution in [0.15, 0.2) is 28.6 Å². The first-order valence-corrected chi connectivity index (χ1v) is 9.12. The lowest BCUT2D eigenvalue weighted by molar-refractivity contribution is -0.140. The number of halogens is 1. The molecule has 1 aliphatic rings. The largest absolute Gasteiger partial charge is 0.329 e. The van der Waals surface area contributed by atoms with Crippen molar-refractivity contribution in [3.63, 3.8) is 0 Å². The number of hydrogen-bond donors (Lipinski definition) is 1. The van der Waals surface area contributed by atoms with E-state index < -0.39 is 0 Å². The molecule has 0 unspecified atom stereocenters. The van der Waals surface area contributed by atoms with Gasteiger partial charge in [0.25, 0.3) is 0 Å². The zero-order valence-corrected chi connectivity index (χ0v) is 14.4. The second-order valence-electron chi connectivity index (χ2n) is 4.81. The number of aromatic nitrogens is 2. The van der Waals surface area contributed by atoms with Gasteiger partial charge < -0.3 is 5.32 Å². The standard InChI is InChI=1S/C14H13ClN4O2S2/c15-9-4-1-2-5-10(9)16-13-17-18-14(23-13)22-8-12(21)19-7-3-6-11(19)20/h1-2,4-5H,3,6-8H2,(H,16,17). The zero-order chi connectivity index (χ0) is 16.2. The van der Waals surface area contributed by atoms with E-state index in [0.29, 0.717) is 27.5 Å². The van der Waals surface area contributed by atoms with Crippen LogP contribution in [0.2, 0.25) is 5.02 Å². The van der Waals surface area contributed by atoms with Gasteiger partial charge in [-0.1, -0.05) is 46.8 Å². The maximum Gasteiger partial charge on any atom is 0.239 e. The molecule has 1 aliphatic heterocycles. The molecule has 1 aromatic carbocycles. The van der Waals surface area contributed by atoms with Crippen LogP contribution in [0, 0.1) is 0 Å². The van der Waals surface area contributed by atoms with Gasteiger partial charge in [-0.05, 0) is 18.6 Å². The number of benzene rings is 1. The van der Waals surface area contributed by atoms with Gasteiger partial charge in [0.1, 0.15) is 0 Å². The molecule has 2 heterocycles. The molecule has 0 atom stereocenters. The van der Waals surface area contributed by atoms with E-state index in [-0.39, 0.29) is 17.6 Å². The van der Waals surface area contributed by atoms with Gasteiger partial charge in [0.05, 0.1) is 16.5 Å². The quantitative estimate of drug-likeness (QED) is 0.817. The summed E-state index contributed by atoms with van der Waals surface area (Å²) in [5, 5.41) is 12.4. The molecule has 120 valence electrons. The number of carbonyl (C=O) groups is 2. The fourth-order valence-electron chi connectivity index (χ4n) is 2.11. The summed E-state index contributed by atoms with van der Waals surface area (Å²) in [6.45, 7) is 0.521. The molecule has 2 amide bonds. The molecule has 1 fully saturated rings. The highest BCUT2D eigenvalue weighted by molar-refractivity contribution is 8.01. The van der Waals surface area contributed by atoms with Crippen molar-refractivity contribution in [1.82, 2.24) is 15.1 Å². The Hall–Kier alpha value is -1.64. The van der Waals surface area contributed by atoms with Gasteiger partial charge in [-0.3, -0.25) is 14.5 Å². The summed E-state index contributed by atoms with van der Waals surface area (Å²) >= 11 is 8.70. The van der Waals surface area contributed by atoms with Gasteiger partial charge in [-0.2, -0.15) is 0 Å². The molecule has 0 saturated carbocycles. The molecule has 0 spiro atoms. The minimum atomic E-state index is -0.173. The van der Waals surface area contributed by atoms with Crippen LogP contribution in [0.1, 0.15) is 12.8 Å². The average Bonchev–Trinajstić information content (AvgIpc) is 3.16. The average molecular weight is 369 g/mol. The lowest BCUT2D eigenvalue weighted by Gasteiger charge is -2.11. The number of thioether (sulfide) groups is 1. The summed E-state index contributed by atoms with van der Waals surface area (Å²) in [5.41, 5.74) is 0.751. The van der Waals surface area contributed by atoms with E-state index in [0.717, 1.165) is 12.1 Å². The van der Waals surface area contributed by atoms with Gasteiger partial charge in [-0.15, -0.1) is 10.2 Å². The smallest absolute Gasteiger partial charge is 0.239 e. The van der Waals surface area contributed by atoms with E-state index in [4.69, 9.17) is 11.6 Å². The number of anilines is 2. The van der Waals surface area contributed by atoms with Crippen molar-refractivity contribution >= 4 is 57.3 Å². The molecule has 1 saturated heterocycles. The number of amides is 2. The third-order valence-corrected chi connectivity index (χ3v) is 5.50. The van der Waals surface area contributed by atoms with E-state index in [1.807, 2.05) is 18.2 Å². The van der Waals surface area contributed by atoms with Crippen LogP contribution in [0.25, 0.3) is 0 Å². The summed E-state index contributed by atoms with van der Waals surface area (Å²) in [6.07, 6.45) is 1.21. The molecule has 2 aromatic rings. The normalized spacial score (nSPS) is 14.3. The number of likely N-dealkylation sites (tertiary alicyclic amines) is 1. The molecule has 6 nitrogen and oxygen atoms in total. The first kappa shape index (κ1) is 16.2. The number of imide groups is 1. The Labute approximate surface area is 146 Å². The van der Waals surface area contributed by atoms with Crippen molar-refractivity contribution in [2.75, 3.05) is 17.6 Å². The SMILES string of the molecule is O=C1CCCN1C(=O)CSc1nnc(Nc2ccccc2Cl)s1. The van der Waals surface area contributed by atoms with E-state index >= 15 is 0 Å². The Balaban J connectivity index is 1.56. The number of hydrogen-bond acceptors (Lipinski definition) is 7.